The molecule has 0 bridgehead atoms. The van der Waals surface area contributed by atoms with Gasteiger partial charge in [-0.25, -0.2) is 8.42 Å². The average Bonchev–Trinajstić information content (AvgIpc) is 2.15. The topological polar surface area (TPSA) is 57.9 Å². The maximum Gasteiger partial charge on any atom is 0.179 e. The maximum absolute atomic E-state index is 11.6. The molecule has 0 amide bonds. The van der Waals surface area contributed by atoms with E-state index >= 15 is 0 Å². The largest absolute Gasteiger partial charge is 0.224 e. The van der Waals surface area contributed by atoms with E-state index in [9.17, 15) is 8.42 Å². The molecule has 0 saturated heterocycles. The summed E-state index contributed by atoms with van der Waals surface area (Å²) in [6.07, 6.45) is 0.0176. The van der Waals surface area contributed by atoms with Crippen molar-refractivity contribution in [1.29, 1.82) is 5.26 Å². The maximum atomic E-state index is 11.6. The minimum Gasteiger partial charge on any atom is -0.224 e. The van der Waals surface area contributed by atoms with Crippen LogP contribution in [0.25, 0.3) is 0 Å². The molecule has 0 aliphatic heterocycles. The Morgan fingerprint density at radius 1 is 1.43 bits per heavy atom. The molecule has 3 nitrogen and oxygen atoms in total. The molecule has 1 aromatic rings. The lowest BCUT2D eigenvalue weighted by Crippen LogP contribution is -2.06. The monoisotopic (exact) mass is 208 g/mol. The van der Waals surface area contributed by atoms with E-state index in [2.05, 4.69) is 6.92 Å². The smallest absolute Gasteiger partial charge is 0.179 e. The van der Waals surface area contributed by atoms with E-state index in [0.29, 0.717) is 5.56 Å². The summed E-state index contributed by atoms with van der Waals surface area (Å²) in [4.78, 5) is 0.236. The highest BCUT2D eigenvalue weighted by molar-refractivity contribution is 7.91. The molecule has 73 valence electrons. The minimum absolute atomic E-state index is 0.0176. The lowest BCUT2D eigenvalue weighted by atomic mass is 10.2. The lowest BCUT2D eigenvalue weighted by Gasteiger charge is -2.02. The van der Waals surface area contributed by atoms with E-state index in [4.69, 9.17) is 5.26 Å². The standard InChI is InChI=1S/C10H10NO2S/c1-9-4-2-5-10(8-9)14(12,13)7-3-6-11/h2,4-5,8H,1,3,7H2. The highest BCUT2D eigenvalue weighted by Crippen LogP contribution is 2.13. The van der Waals surface area contributed by atoms with Gasteiger partial charge in [0.25, 0.3) is 0 Å². The second-order valence-electron chi connectivity index (χ2n) is 2.87. The summed E-state index contributed by atoms with van der Waals surface area (Å²) in [5.74, 6) is -0.132. The van der Waals surface area contributed by atoms with Gasteiger partial charge in [0.1, 0.15) is 0 Å². The summed E-state index contributed by atoms with van der Waals surface area (Å²) in [6.45, 7) is 3.65. The molecule has 0 fully saturated rings. The third-order valence-electron chi connectivity index (χ3n) is 1.74. The van der Waals surface area contributed by atoms with E-state index in [1.165, 1.54) is 12.1 Å². The summed E-state index contributed by atoms with van der Waals surface area (Å²) < 4.78 is 23.1. The highest BCUT2D eigenvalue weighted by Gasteiger charge is 2.13. The summed E-state index contributed by atoms with van der Waals surface area (Å²) in [5.41, 5.74) is 0.656. The van der Waals surface area contributed by atoms with Crippen LogP contribution in [0.1, 0.15) is 12.0 Å². The van der Waals surface area contributed by atoms with Crippen LogP contribution < -0.4 is 0 Å². The molecule has 0 aromatic heterocycles. The number of hydrogen-bond acceptors (Lipinski definition) is 3. The zero-order chi connectivity index (χ0) is 10.6. The second kappa shape index (κ2) is 4.25. The van der Waals surface area contributed by atoms with Gasteiger partial charge in [-0.05, 0) is 24.6 Å². The fraction of sp³-hybridized carbons (Fsp3) is 0.200. The van der Waals surface area contributed by atoms with E-state index in [-0.39, 0.29) is 17.1 Å². The first-order valence-electron chi connectivity index (χ1n) is 4.08. The van der Waals surface area contributed by atoms with E-state index < -0.39 is 9.84 Å². The molecule has 0 N–H and O–H groups in total. The zero-order valence-corrected chi connectivity index (χ0v) is 8.42. The predicted molar refractivity (Wildman–Crippen MR) is 53.2 cm³/mol. The van der Waals surface area contributed by atoms with Crippen molar-refractivity contribution in [1.82, 2.24) is 0 Å². The third-order valence-corrected chi connectivity index (χ3v) is 3.45. The summed E-state index contributed by atoms with van der Waals surface area (Å²) in [6, 6.07) is 8.20. The second-order valence-corrected chi connectivity index (χ2v) is 4.98. The van der Waals surface area contributed by atoms with E-state index in [1.807, 2.05) is 6.07 Å². The molecule has 0 spiro atoms. The van der Waals surface area contributed by atoms with Gasteiger partial charge >= 0.3 is 0 Å². The van der Waals surface area contributed by atoms with Crippen molar-refractivity contribution in [3.63, 3.8) is 0 Å². The molecule has 1 rings (SSSR count). The van der Waals surface area contributed by atoms with Gasteiger partial charge in [-0.2, -0.15) is 5.26 Å². The molecule has 0 saturated carbocycles. The average molecular weight is 208 g/mol. The van der Waals surface area contributed by atoms with Crippen LogP contribution >= 0.6 is 0 Å². The molecule has 0 aliphatic carbocycles. The van der Waals surface area contributed by atoms with Crippen molar-refractivity contribution >= 4 is 9.84 Å². The molecule has 4 heteroatoms. The van der Waals surface area contributed by atoms with Crippen molar-refractivity contribution in [2.75, 3.05) is 5.75 Å². The number of sulfone groups is 1. The van der Waals surface area contributed by atoms with Crippen LogP contribution in [0.15, 0.2) is 29.2 Å². The van der Waals surface area contributed by atoms with Gasteiger partial charge in [-0.3, -0.25) is 0 Å². The van der Waals surface area contributed by atoms with Crippen molar-refractivity contribution in [2.24, 2.45) is 0 Å². The molecule has 1 radical (unpaired) electrons. The molecule has 0 heterocycles. The van der Waals surface area contributed by atoms with Crippen LogP contribution in [-0.4, -0.2) is 14.2 Å². The van der Waals surface area contributed by atoms with Crippen molar-refractivity contribution in [3.8, 4) is 6.07 Å². The Balaban J connectivity index is 3.00. The summed E-state index contributed by atoms with van der Waals surface area (Å²) in [7, 11) is -3.31. The van der Waals surface area contributed by atoms with Gasteiger partial charge in [-0.1, -0.05) is 12.1 Å². The molecular weight excluding hydrogens is 198 g/mol. The molecule has 0 unspecified atom stereocenters. The molecule has 1 aromatic carbocycles. The van der Waals surface area contributed by atoms with Crippen molar-refractivity contribution in [3.05, 3.63) is 36.8 Å². The Bertz CT molecular complexity index is 457. The number of nitriles is 1. The third kappa shape index (κ3) is 2.57. The Morgan fingerprint density at radius 3 is 2.71 bits per heavy atom. The number of benzene rings is 1. The predicted octanol–water partition coefficient (Wildman–Crippen LogP) is 1.56. The quantitative estimate of drug-likeness (QED) is 0.757. The van der Waals surface area contributed by atoms with Crippen LogP contribution in [0.3, 0.4) is 0 Å². The van der Waals surface area contributed by atoms with Gasteiger partial charge in [0, 0.05) is 6.42 Å². The van der Waals surface area contributed by atoms with Crippen LogP contribution in [0.5, 0.6) is 0 Å². The van der Waals surface area contributed by atoms with Crippen LogP contribution in [0.4, 0.5) is 0 Å². The van der Waals surface area contributed by atoms with Gasteiger partial charge in [-0.15, -0.1) is 0 Å². The summed E-state index contributed by atoms with van der Waals surface area (Å²) in [5, 5.41) is 8.30. The van der Waals surface area contributed by atoms with Gasteiger partial charge in [0.15, 0.2) is 9.84 Å². The van der Waals surface area contributed by atoms with Crippen LogP contribution in [-0.2, 0) is 9.84 Å². The first-order chi connectivity index (χ1) is 6.56. The first kappa shape index (κ1) is 10.7. The van der Waals surface area contributed by atoms with Crippen LogP contribution in [0, 0.1) is 18.3 Å². The van der Waals surface area contributed by atoms with Crippen molar-refractivity contribution < 1.29 is 8.42 Å². The molecular formula is C10H10NO2S. The Morgan fingerprint density at radius 2 is 2.14 bits per heavy atom. The van der Waals surface area contributed by atoms with Crippen molar-refractivity contribution in [2.45, 2.75) is 11.3 Å². The zero-order valence-electron chi connectivity index (χ0n) is 7.60. The lowest BCUT2D eigenvalue weighted by molar-refractivity contribution is 0.596. The Labute approximate surface area is 83.9 Å². The minimum atomic E-state index is -3.31. The normalized spacial score (nSPS) is 10.9. The molecule has 0 aliphatic rings. The Hall–Kier alpha value is -1.34. The van der Waals surface area contributed by atoms with Gasteiger partial charge in [0.2, 0.25) is 0 Å². The van der Waals surface area contributed by atoms with Gasteiger partial charge < -0.3 is 0 Å². The number of rotatable bonds is 3. The highest BCUT2D eigenvalue weighted by atomic mass is 32.2. The number of nitrogens with zero attached hydrogens (tertiary/aromatic N) is 1. The Kier molecular flexibility index (Phi) is 3.26. The van der Waals surface area contributed by atoms with Gasteiger partial charge in [0.05, 0.1) is 16.7 Å². The number of hydrogen-bond donors (Lipinski definition) is 0. The van der Waals surface area contributed by atoms with Crippen LogP contribution in [0.2, 0.25) is 0 Å². The van der Waals surface area contributed by atoms with E-state index in [1.54, 1.807) is 12.1 Å². The fourth-order valence-corrected chi connectivity index (χ4v) is 2.25. The first-order valence-corrected chi connectivity index (χ1v) is 5.73. The van der Waals surface area contributed by atoms with E-state index in [0.717, 1.165) is 0 Å². The fourth-order valence-electron chi connectivity index (χ4n) is 1.04. The summed E-state index contributed by atoms with van der Waals surface area (Å²) >= 11 is 0. The molecule has 14 heavy (non-hydrogen) atoms. The SMILES string of the molecule is [CH2]c1cccc(S(=O)(=O)CCC#N)c1. The molecule has 0 atom stereocenters.